The molecule has 1 aliphatic carbocycles. The number of ketones is 2. The highest BCUT2D eigenvalue weighted by atomic mass is 35.5. The van der Waals surface area contributed by atoms with Gasteiger partial charge in [0, 0.05) is 16.7 Å². The molecule has 0 heterocycles. The Morgan fingerprint density at radius 1 is 0.900 bits per heavy atom. The average Bonchev–Trinajstić information content (AvgIpc) is 2.77. The van der Waals surface area contributed by atoms with E-state index in [1.807, 2.05) is 0 Å². The molecule has 0 aliphatic heterocycles. The summed E-state index contributed by atoms with van der Waals surface area (Å²) in [5.41, 5.74) is 6.44. The number of nitrogen functional groups attached to an aromatic ring is 1. The second-order valence-electron chi connectivity index (χ2n) is 6.55. The highest BCUT2D eigenvalue weighted by molar-refractivity contribution is 6.48. The van der Waals surface area contributed by atoms with Crippen molar-refractivity contribution in [3.8, 4) is 5.75 Å². The van der Waals surface area contributed by atoms with Crippen LogP contribution in [0.1, 0.15) is 42.2 Å². The Morgan fingerprint density at radius 3 is 2.03 bits per heavy atom. The number of amides is 1. The maximum absolute atomic E-state index is 13.2. The quantitative estimate of drug-likeness (QED) is 0.453. The molecule has 4 rings (SSSR count). The Labute approximate surface area is 181 Å². The van der Waals surface area contributed by atoms with Crippen LogP contribution in [-0.2, 0) is 0 Å². The minimum absolute atomic E-state index is 0.0560. The van der Waals surface area contributed by atoms with Crippen molar-refractivity contribution in [2.75, 3.05) is 18.2 Å². The van der Waals surface area contributed by atoms with Gasteiger partial charge in [-0.1, -0.05) is 47.5 Å². The Balaban J connectivity index is 1.87. The fraction of sp³-hybridized carbons (Fsp3) is 0.0455. The predicted octanol–water partition coefficient (Wildman–Crippen LogP) is 4.61. The molecule has 0 atom stereocenters. The van der Waals surface area contributed by atoms with Gasteiger partial charge in [-0.25, -0.2) is 0 Å². The topological polar surface area (TPSA) is 98.5 Å². The molecule has 8 heteroatoms. The molecule has 0 saturated carbocycles. The first-order valence-electron chi connectivity index (χ1n) is 8.79. The molecule has 3 aromatic rings. The van der Waals surface area contributed by atoms with Crippen molar-refractivity contribution >= 4 is 52.1 Å². The Hall–Kier alpha value is -3.35. The molecule has 0 aromatic heterocycles. The van der Waals surface area contributed by atoms with Crippen LogP contribution in [0, 0.1) is 0 Å². The van der Waals surface area contributed by atoms with Crippen molar-refractivity contribution < 1.29 is 19.1 Å². The van der Waals surface area contributed by atoms with Gasteiger partial charge in [0.05, 0.1) is 39.7 Å². The zero-order chi connectivity index (χ0) is 21.6. The summed E-state index contributed by atoms with van der Waals surface area (Å²) in [5, 5.41) is 2.39. The second kappa shape index (κ2) is 7.48. The zero-order valence-corrected chi connectivity index (χ0v) is 17.1. The summed E-state index contributed by atoms with van der Waals surface area (Å²) in [4.78, 5) is 39.1. The van der Waals surface area contributed by atoms with Crippen LogP contribution in [0.15, 0.2) is 48.5 Å². The highest BCUT2D eigenvalue weighted by Gasteiger charge is 2.36. The number of fused-ring (bicyclic) bond motifs is 2. The van der Waals surface area contributed by atoms with Gasteiger partial charge in [0.1, 0.15) is 5.75 Å². The van der Waals surface area contributed by atoms with Crippen molar-refractivity contribution in [3.63, 3.8) is 0 Å². The molecule has 30 heavy (non-hydrogen) atoms. The van der Waals surface area contributed by atoms with Gasteiger partial charge in [0.25, 0.3) is 5.91 Å². The SMILES string of the molecule is COc1ccc(C(=O)Nc2c(Cl)c(Cl)c(N)c3c2C(=O)c2ccccc2C3=O)cc1. The van der Waals surface area contributed by atoms with E-state index < -0.39 is 17.5 Å². The first kappa shape index (κ1) is 19.9. The van der Waals surface area contributed by atoms with E-state index in [9.17, 15) is 14.4 Å². The highest BCUT2D eigenvalue weighted by Crippen LogP contribution is 2.45. The number of carbonyl (C=O) groups excluding carboxylic acids is 3. The van der Waals surface area contributed by atoms with Gasteiger partial charge >= 0.3 is 0 Å². The normalized spacial score (nSPS) is 12.2. The van der Waals surface area contributed by atoms with Gasteiger partial charge in [-0.2, -0.15) is 0 Å². The summed E-state index contributed by atoms with van der Waals surface area (Å²) < 4.78 is 5.08. The molecule has 0 bridgehead atoms. The fourth-order valence-electron chi connectivity index (χ4n) is 3.36. The largest absolute Gasteiger partial charge is 0.497 e. The van der Waals surface area contributed by atoms with Crippen molar-refractivity contribution in [1.29, 1.82) is 0 Å². The summed E-state index contributed by atoms with van der Waals surface area (Å²) >= 11 is 12.6. The lowest BCUT2D eigenvalue weighted by atomic mass is 9.82. The molecule has 0 saturated heterocycles. The maximum atomic E-state index is 13.2. The first-order chi connectivity index (χ1) is 14.3. The number of ether oxygens (including phenoxy) is 1. The van der Waals surface area contributed by atoms with Crippen LogP contribution in [0.4, 0.5) is 11.4 Å². The van der Waals surface area contributed by atoms with Gasteiger partial charge < -0.3 is 15.8 Å². The minimum atomic E-state index is -0.540. The van der Waals surface area contributed by atoms with Gasteiger partial charge in [0.15, 0.2) is 11.6 Å². The number of methoxy groups -OCH3 is 1. The third-order valence-electron chi connectivity index (χ3n) is 4.88. The molecule has 0 radical (unpaired) electrons. The lowest BCUT2D eigenvalue weighted by Gasteiger charge is -2.24. The van der Waals surface area contributed by atoms with Gasteiger partial charge in [-0.05, 0) is 24.3 Å². The van der Waals surface area contributed by atoms with Gasteiger partial charge in [0.2, 0.25) is 0 Å². The third kappa shape index (κ3) is 3.01. The number of nitrogens with one attached hydrogen (secondary N) is 1. The van der Waals surface area contributed by atoms with Crippen LogP contribution in [0.2, 0.25) is 10.0 Å². The monoisotopic (exact) mass is 440 g/mol. The van der Waals surface area contributed by atoms with Crippen LogP contribution >= 0.6 is 23.2 Å². The number of anilines is 2. The van der Waals surface area contributed by atoms with E-state index in [1.54, 1.807) is 36.4 Å². The number of rotatable bonds is 3. The lowest BCUT2D eigenvalue weighted by Crippen LogP contribution is -2.26. The maximum Gasteiger partial charge on any atom is 0.255 e. The number of hydrogen-bond donors (Lipinski definition) is 2. The summed E-state index contributed by atoms with van der Waals surface area (Å²) in [6.45, 7) is 0. The van der Waals surface area contributed by atoms with E-state index in [0.717, 1.165) is 0 Å². The van der Waals surface area contributed by atoms with Crippen LogP contribution < -0.4 is 15.8 Å². The molecule has 1 aliphatic rings. The smallest absolute Gasteiger partial charge is 0.255 e. The summed E-state index contributed by atoms with van der Waals surface area (Å²) in [7, 11) is 1.51. The number of hydrogen-bond acceptors (Lipinski definition) is 5. The van der Waals surface area contributed by atoms with E-state index in [1.165, 1.54) is 19.2 Å². The fourth-order valence-corrected chi connectivity index (χ4v) is 3.80. The van der Waals surface area contributed by atoms with Crippen LogP contribution in [0.25, 0.3) is 0 Å². The zero-order valence-electron chi connectivity index (χ0n) is 15.6. The predicted molar refractivity (Wildman–Crippen MR) is 115 cm³/mol. The van der Waals surface area contributed by atoms with E-state index in [-0.39, 0.29) is 43.7 Å². The molecule has 0 spiro atoms. The lowest BCUT2D eigenvalue weighted by molar-refractivity contribution is 0.0979. The Kier molecular flexibility index (Phi) is 4.97. The molecule has 3 N–H and O–H groups in total. The minimum Gasteiger partial charge on any atom is -0.497 e. The van der Waals surface area contributed by atoms with Gasteiger partial charge in [-0.3, -0.25) is 14.4 Å². The van der Waals surface area contributed by atoms with Crippen LogP contribution in [0.3, 0.4) is 0 Å². The Morgan fingerprint density at radius 2 is 1.47 bits per heavy atom. The molecule has 0 fully saturated rings. The van der Waals surface area contributed by atoms with Crippen LogP contribution in [-0.4, -0.2) is 24.6 Å². The van der Waals surface area contributed by atoms with Crippen molar-refractivity contribution in [3.05, 3.63) is 86.4 Å². The van der Waals surface area contributed by atoms with E-state index >= 15 is 0 Å². The summed E-state index contributed by atoms with van der Waals surface area (Å²) in [6.07, 6.45) is 0. The van der Waals surface area contributed by atoms with Crippen molar-refractivity contribution in [2.45, 2.75) is 0 Å². The molecule has 0 unspecified atom stereocenters. The van der Waals surface area contributed by atoms with Crippen molar-refractivity contribution in [1.82, 2.24) is 0 Å². The molecule has 1 amide bonds. The molecular formula is C22H14Cl2N2O4. The molecular weight excluding hydrogens is 427 g/mol. The molecule has 6 nitrogen and oxygen atoms in total. The number of benzene rings is 3. The number of carbonyl (C=O) groups is 3. The van der Waals surface area contributed by atoms with E-state index in [4.69, 9.17) is 33.7 Å². The molecule has 3 aromatic carbocycles. The first-order valence-corrected chi connectivity index (χ1v) is 9.55. The van der Waals surface area contributed by atoms with Crippen LogP contribution in [0.5, 0.6) is 5.75 Å². The third-order valence-corrected chi connectivity index (χ3v) is 5.75. The van der Waals surface area contributed by atoms with Gasteiger partial charge in [-0.15, -0.1) is 0 Å². The number of halogens is 2. The second-order valence-corrected chi connectivity index (χ2v) is 7.31. The Bertz CT molecular complexity index is 1240. The summed E-state index contributed by atoms with van der Waals surface area (Å²) in [5.74, 6) is -0.900. The average molecular weight is 441 g/mol. The standard InChI is InChI=1S/C22H14Cl2N2O4/c1-30-11-8-6-10(7-9-11)22(29)26-19-15-14(18(25)16(23)17(19)24)20(27)12-4-2-3-5-13(12)21(15)28/h2-9H,25H2,1H3,(H,26,29). The molecule has 150 valence electrons. The van der Waals surface area contributed by atoms with E-state index in [0.29, 0.717) is 11.3 Å². The van der Waals surface area contributed by atoms with Crippen molar-refractivity contribution in [2.24, 2.45) is 0 Å². The number of nitrogens with two attached hydrogens (primary N) is 1. The van der Waals surface area contributed by atoms with E-state index in [2.05, 4.69) is 5.32 Å². The summed E-state index contributed by atoms with van der Waals surface area (Å²) in [6, 6.07) is 12.7.